The van der Waals surface area contributed by atoms with Crippen LogP contribution < -0.4 is 5.32 Å². The van der Waals surface area contributed by atoms with E-state index in [-0.39, 0.29) is 25.5 Å². The van der Waals surface area contributed by atoms with Gasteiger partial charge in [-0.25, -0.2) is 4.79 Å². The zero-order valence-corrected chi connectivity index (χ0v) is 18.5. The molecule has 1 aliphatic rings. The van der Waals surface area contributed by atoms with Gasteiger partial charge in [0.05, 0.1) is 6.42 Å². The Morgan fingerprint density at radius 2 is 1.62 bits per heavy atom. The van der Waals surface area contributed by atoms with Gasteiger partial charge in [-0.15, -0.1) is 0 Å². The molecule has 1 unspecified atom stereocenters. The molecule has 0 fully saturated rings. The maximum Gasteiger partial charge on any atom is 0.407 e. The van der Waals surface area contributed by atoms with Crippen molar-refractivity contribution in [1.82, 2.24) is 10.2 Å². The Labute approximate surface area is 194 Å². The van der Waals surface area contributed by atoms with E-state index in [1.54, 1.807) is 6.92 Å². The fourth-order valence-corrected chi connectivity index (χ4v) is 4.13. The lowest BCUT2D eigenvalue weighted by Gasteiger charge is -2.27. The predicted octanol–water partition coefficient (Wildman–Crippen LogP) is 4.17. The molecule has 0 aliphatic heterocycles. The summed E-state index contributed by atoms with van der Waals surface area (Å²) in [4.78, 5) is 36.8. The molecule has 1 atom stereocenters. The van der Waals surface area contributed by atoms with Crippen molar-refractivity contribution in [3.8, 4) is 11.1 Å². The quantitative estimate of drug-likeness (QED) is 0.564. The van der Waals surface area contributed by atoms with Gasteiger partial charge in [-0.2, -0.15) is 13.2 Å². The summed E-state index contributed by atoms with van der Waals surface area (Å²) in [6.07, 6.45) is -6.39. The van der Waals surface area contributed by atoms with E-state index < -0.39 is 43.2 Å². The van der Waals surface area contributed by atoms with Gasteiger partial charge in [0.1, 0.15) is 19.2 Å². The van der Waals surface area contributed by atoms with Crippen molar-refractivity contribution in [2.75, 3.05) is 19.7 Å². The number of hydrogen-bond acceptors (Lipinski definition) is 4. The van der Waals surface area contributed by atoms with Gasteiger partial charge < -0.3 is 20.1 Å². The molecular formula is C24H25F3N2O5. The standard InChI is InChI=1S/C24H25F3N2O5/c1-2-11-29(14-24(25,26)27)22(32)20(12-21(30)31)28-23(33)34-13-19-17-9-5-3-7-15(17)16-8-4-6-10-18(16)19/h3-10,19-20H,2,11-14H2,1H3,(H,28,33)(H,30,31). The number of amides is 2. The summed E-state index contributed by atoms with van der Waals surface area (Å²) < 4.78 is 44.0. The highest BCUT2D eigenvalue weighted by molar-refractivity contribution is 5.89. The van der Waals surface area contributed by atoms with E-state index in [0.717, 1.165) is 22.3 Å². The Bertz CT molecular complexity index is 1010. The normalized spacial score (nSPS) is 13.5. The first-order valence-electron chi connectivity index (χ1n) is 10.8. The largest absolute Gasteiger partial charge is 0.481 e. The van der Waals surface area contributed by atoms with Gasteiger partial charge in [0.25, 0.3) is 0 Å². The Hall–Kier alpha value is -3.56. The number of aliphatic carboxylic acids is 1. The molecule has 3 rings (SSSR count). The average Bonchev–Trinajstić information content (AvgIpc) is 3.09. The summed E-state index contributed by atoms with van der Waals surface area (Å²) >= 11 is 0. The van der Waals surface area contributed by atoms with Crippen molar-refractivity contribution in [3.05, 3.63) is 59.7 Å². The first-order valence-corrected chi connectivity index (χ1v) is 10.8. The third-order valence-electron chi connectivity index (χ3n) is 5.49. The number of rotatable bonds is 9. The van der Waals surface area contributed by atoms with Crippen molar-refractivity contribution in [2.24, 2.45) is 0 Å². The van der Waals surface area contributed by atoms with Crippen molar-refractivity contribution < 1.29 is 37.4 Å². The number of ether oxygens (including phenoxy) is 1. The van der Waals surface area contributed by atoms with Crippen LogP contribution in [0.5, 0.6) is 0 Å². The highest BCUT2D eigenvalue weighted by Gasteiger charge is 2.37. The molecule has 1 aliphatic carbocycles. The predicted molar refractivity (Wildman–Crippen MR) is 117 cm³/mol. The number of alkyl halides is 3. The van der Waals surface area contributed by atoms with Gasteiger partial charge in [0.2, 0.25) is 5.91 Å². The summed E-state index contributed by atoms with van der Waals surface area (Å²) in [6.45, 7) is -0.278. The number of carbonyl (C=O) groups is 3. The number of fused-ring (bicyclic) bond motifs is 3. The number of carboxylic acids is 1. The molecule has 182 valence electrons. The fraction of sp³-hybridized carbons (Fsp3) is 0.375. The zero-order valence-electron chi connectivity index (χ0n) is 18.5. The van der Waals surface area contributed by atoms with Crippen LogP contribution in [0.2, 0.25) is 0 Å². The van der Waals surface area contributed by atoms with Crippen molar-refractivity contribution in [2.45, 2.75) is 37.9 Å². The second-order valence-corrected chi connectivity index (χ2v) is 8.00. The second kappa shape index (κ2) is 10.6. The molecule has 2 aromatic carbocycles. The number of carbonyl (C=O) groups excluding carboxylic acids is 2. The van der Waals surface area contributed by atoms with Crippen LogP contribution in [0.25, 0.3) is 11.1 Å². The van der Waals surface area contributed by atoms with Crippen LogP contribution in [0.4, 0.5) is 18.0 Å². The van der Waals surface area contributed by atoms with Crippen molar-refractivity contribution in [3.63, 3.8) is 0 Å². The highest BCUT2D eigenvalue weighted by Crippen LogP contribution is 2.44. The van der Waals surface area contributed by atoms with Crippen LogP contribution in [-0.2, 0) is 14.3 Å². The Balaban J connectivity index is 1.71. The molecular weight excluding hydrogens is 453 g/mol. The average molecular weight is 478 g/mol. The molecule has 0 saturated heterocycles. The summed E-state index contributed by atoms with van der Waals surface area (Å²) in [7, 11) is 0. The van der Waals surface area contributed by atoms with E-state index in [1.165, 1.54) is 0 Å². The molecule has 0 heterocycles. The first kappa shape index (κ1) is 25.1. The minimum Gasteiger partial charge on any atom is -0.481 e. The number of nitrogens with zero attached hydrogens (tertiary/aromatic N) is 1. The van der Waals surface area contributed by atoms with Crippen LogP contribution in [0.15, 0.2) is 48.5 Å². The van der Waals surface area contributed by atoms with E-state index in [9.17, 15) is 27.6 Å². The topological polar surface area (TPSA) is 95.9 Å². The lowest BCUT2D eigenvalue weighted by atomic mass is 9.98. The molecule has 0 bridgehead atoms. The molecule has 0 radical (unpaired) electrons. The van der Waals surface area contributed by atoms with Crippen LogP contribution in [0, 0.1) is 0 Å². The van der Waals surface area contributed by atoms with E-state index in [4.69, 9.17) is 9.84 Å². The smallest absolute Gasteiger partial charge is 0.407 e. The maximum atomic E-state index is 12.9. The lowest BCUT2D eigenvalue weighted by Crippen LogP contribution is -2.52. The third kappa shape index (κ3) is 6.06. The van der Waals surface area contributed by atoms with Crippen molar-refractivity contribution in [1.29, 1.82) is 0 Å². The second-order valence-electron chi connectivity index (χ2n) is 8.00. The molecule has 34 heavy (non-hydrogen) atoms. The molecule has 2 amide bonds. The van der Waals surface area contributed by atoms with Crippen LogP contribution in [0.3, 0.4) is 0 Å². The van der Waals surface area contributed by atoms with Gasteiger partial charge >= 0.3 is 18.2 Å². The lowest BCUT2D eigenvalue weighted by molar-refractivity contribution is -0.163. The Kier molecular flexibility index (Phi) is 7.80. The first-order chi connectivity index (χ1) is 16.1. The molecule has 0 aromatic heterocycles. The van der Waals surface area contributed by atoms with E-state index in [1.807, 2.05) is 48.5 Å². The molecule has 10 heteroatoms. The van der Waals surface area contributed by atoms with Crippen LogP contribution in [0.1, 0.15) is 36.8 Å². The van der Waals surface area contributed by atoms with Gasteiger partial charge in [-0.3, -0.25) is 9.59 Å². The highest BCUT2D eigenvalue weighted by atomic mass is 19.4. The molecule has 0 saturated carbocycles. The Morgan fingerprint density at radius 3 is 2.12 bits per heavy atom. The number of nitrogens with one attached hydrogen (secondary N) is 1. The summed E-state index contributed by atoms with van der Waals surface area (Å²) in [5, 5.41) is 11.3. The minimum atomic E-state index is -4.66. The molecule has 2 N–H and O–H groups in total. The number of halogens is 3. The van der Waals surface area contributed by atoms with E-state index >= 15 is 0 Å². The minimum absolute atomic E-state index is 0.0882. The molecule has 0 spiro atoms. The molecule has 7 nitrogen and oxygen atoms in total. The number of carboxylic acid groups (broad SMARTS) is 1. The summed E-state index contributed by atoms with van der Waals surface area (Å²) in [6, 6.07) is 13.6. The monoisotopic (exact) mass is 478 g/mol. The summed E-state index contributed by atoms with van der Waals surface area (Å²) in [5.74, 6) is -2.84. The van der Waals surface area contributed by atoms with Crippen LogP contribution in [-0.4, -0.2) is 59.9 Å². The van der Waals surface area contributed by atoms with E-state index in [2.05, 4.69) is 5.32 Å². The maximum absolute atomic E-state index is 12.9. The number of alkyl carbamates (subject to hydrolysis) is 1. The van der Waals surface area contributed by atoms with Crippen molar-refractivity contribution >= 4 is 18.0 Å². The molecule has 2 aromatic rings. The Morgan fingerprint density at radius 1 is 1.06 bits per heavy atom. The van der Waals surface area contributed by atoms with E-state index in [0.29, 0.717) is 4.90 Å². The van der Waals surface area contributed by atoms with Gasteiger partial charge in [0, 0.05) is 12.5 Å². The number of hydrogen-bond donors (Lipinski definition) is 2. The zero-order chi connectivity index (χ0) is 24.9. The summed E-state index contributed by atoms with van der Waals surface area (Å²) in [5.41, 5.74) is 3.92. The third-order valence-corrected chi connectivity index (χ3v) is 5.49. The fourth-order valence-electron chi connectivity index (χ4n) is 4.13. The number of benzene rings is 2. The van der Waals surface area contributed by atoms with Gasteiger partial charge in [-0.1, -0.05) is 55.5 Å². The van der Waals surface area contributed by atoms with Crippen LogP contribution >= 0.6 is 0 Å². The SMILES string of the molecule is CCCN(CC(F)(F)F)C(=O)C(CC(=O)O)NC(=O)OCC1c2ccccc2-c2ccccc21. The van der Waals surface area contributed by atoms with Gasteiger partial charge in [-0.05, 0) is 28.7 Å². The van der Waals surface area contributed by atoms with Gasteiger partial charge in [0.15, 0.2) is 0 Å².